The number of hydrogen-bond acceptors (Lipinski definition) is 14. The number of aromatic hydroxyl groups is 1. The van der Waals surface area contributed by atoms with Crippen LogP contribution in [0.5, 0.6) is 11.5 Å². The second-order valence-electron chi connectivity index (χ2n) is 8.27. The Balaban J connectivity index is 1.63. The van der Waals surface area contributed by atoms with Gasteiger partial charge in [-0.25, -0.2) is 4.79 Å². The van der Waals surface area contributed by atoms with Gasteiger partial charge in [0.25, 0.3) is 0 Å². The Morgan fingerprint density at radius 1 is 1.06 bits per heavy atom. The second-order valence-corrected chi connectivity index (χ2v) is 8.27. The third-order valence-electron chi connectivity index (χ3n) is 5.90. The van der Waals surface area contributed by atoms with E-state index in [9.17, 15) is 45.6 Å². The number of hydrogen-bond donors (Lipinski definition) is 8. The number of aliphatic hydroxyl groups is 7. The molecule has 1 aromatic carbocycles. The highest BCUT2D eigenvalue weighted by molar-refractivity contribution is 5.87. The molecule has 0 unspecified atom stereocenters. The molecular weight excluding hydrogens is 488 g/mol. The van der Waals surface area contributed by atoms with E-state index < -0.39 is 80.6 Å². The van der Waals surface area contributed by atoms with Crippen molar-refractivity contribution in [3.8, 4) is 11.5 Å². The maximum absolute atomic E-state index is 12.1. The maximum atomic E-state index is 12.1. The lowest BCUT2D eigenvalue weighted by Crippen LogP contribution is -2.62. The molecule has 9 atom stereocenters. The van der Waals surface area contributed by atoms with Crippen LogP contribution in [-0.2, 0) is 23.7 Å². The molecule has 0 saturated carbocycles. The van der Waals surface area contributed by atoms with Crippen LogP contribution >= 0.6 is 0 Å². The van der Waals surface area contributed by atoms with Gasteiger partial charge in [-0.3, -0.25) is 0 Å². The van der Waals surface area contributed by atoms with E-state index in [2.05, 4.69) is 0 Å². The number of phenolic OH excluding ortho intramolecular Hbond substituents is 1. The Kier molecular flexibility index (Phi) is 9.23. The summed E-state index contributed by atoms with van der Waals surface area (Å²) in [5.41, 5.74) is 0.515. The van der Waals surface area contributed by atoms with Crippen molar-refractivity contribution in [2.75, 3.05) is 26.9 Å². The predicted octanol–water partition coefficient (Wildman–Crippen LogP) is -3.42. The highest BCUT2D eigenvalue weighted by Gasteiger charge is 2.58. The summed E-state index contributed by atoms with van der Waals surface area (Å²) in [6.07, 6.45) is -11.0. The van der Waals surface area contributed by atoms with Crippen LogP contribution in [0.3, 0.4) is 0 Å². The fourth-order valence-corrected chi connectivity index (χ4v) is 3.79. The molecule has 2 saturated heterocycles. The van der Waals surface area contributed by atoms with Crippen LogP contribution < -0.4 is 4.74 Å². The van der Waals surface area contributed by atoms with Crippen molar-refractivity contribution in [1.29, 1.82) is 0 Å². The Morgan fingerprint density at radius 3 is 2.42 bits per heavy atom. The summed E-state index contributed by atoms with van der Waals surface area (Å²) in [5.74, 6) is -3.09. The van der Waals surface area contributed by atoms with Crippen molar-refractivity contribution < 1.29 is 69.3 Å². The van der Waals surface area contributed by atoms with Crippen LogP contribution in [0, 0.1) is 0 Å². The highest BCUT2D eigenvalue weighted by atomic mass is 16.8. The van der Waals surface area contributed by atoms with E-state index in [0.29, 0.717) is 5.56 Å². The van der Waals surface area contributed by atoms with Crippen LogP contribution in [0.4, 0.5) is 0 Å². The van der Waals surface area contributed by atoms with Gasteiger partial charge in [-0.2, -0.15) is 0 Å². The van der Waals surface area contributed by atoms with Crippen LogP contribution in [0.25, 0.3) is 6.08 Å². The van der Waals surface area contributed by atoms with E-state index in [-0.39, 0.29) is 11.5 Å². The first-order valence-electron chi connectivity index (χ1n) is 10.9. The van der Waals surface area contributed by atoms with Crippen molar-refractivity contribution in [2.24, 2.45) is 0 Å². The van der Waals surface area contributed by atoms with Gasteiger partial charge in [0.1, 0.15) is 55.9 Å². The van der Waals surface area contributed by atoms with Gasteiger partial charge in [0.15, 0.2) is 17.8 Å². The van der Waals surface area contributed by atoms with Gasteiger partial charge in [-0.15, -0.1) is 0 Å². The van der Waals surface area contributed by atoms with E-state index in [1.165, 1.54) is 31.4 Å². The lowest BCUT2D eigenvalue weighted by molar-refractivity contribution is -0.383. The molecule has 14 heteroatoms. The first kappa shape index (κ1) is 28.2. The summed E-state index contributed by atoms with van der Waals surface area (Å²) in [5, 5.41) is 79.6. The minimum Gasteiger partial charge on any atom is -0.504 e. The molecule has 2 fully saturated rings. The SMILES string of the molecule is COc1cc(/C=C\C(=O)OC[C@H]2O[C@@](CO)(O[C@H]3O[C@H](CO)[C@@H](O)[C@H](O)[C@H]3O)[C@@H](O)[C@@H]2O)ccc1O. The Morgan fingerprint density at radius 2 is 1.78 bits per heavy atom. The van der Waals surface area contributed by atoms with Crippen molar-refractivity contribution in [3.63, 3.8) is 0 Å². The topological polar surface area (TPSA) is 225 Å². The monoisotopic (exact) mass is 518 g/mol. The quantitative estimate of drug-likeness (QED) is 0.118. The van der Waals surface area contributed by atoms with E-state index in [1.807, 2.05) is 0 Å². The van der Waals surface area contributed by atoms with Gasteiger partial charge in [0, 0.05) is 6.08 Å². The molecule has 2 heterocycles. The van der Waals surface area contributed by atoms with Crippen LogP contribution in [0.15, 0.2) is 24.3 Å². The minimum absolute atomic E-state index is 0.0820. The van der Waals surface area contributed by atoms with Gasteiger partial charge >= 0.3 is 5.97 Å². The number of aliphatic hydroxyl groups excluding tert-OH is 7. The van der Waals surface area contributed by atoms with Gasteiger partial charge in [0.2, 0.25) is 5.79 Å². The molecule has 0 radical (unpaired) electrons. The van der Waals surface area contributed by atoms with Crippen molar-refractivity contribution in [3.05, 3.63) is 29.8 Å². The highest BCUT2D eigenvalue weighted by Crippen LogP contribution is 2.36. The molecular formula is C22H30O14. The summed E-state index contributed by atoms with van der Waals surface area (Å²) in [4.78, 5) is 12.1. The molecule has 0 aromatic heterocycles. The molecule has 202 valence electrons. The third kappa shape index (κ3) is 5.78. The van der Waals surface area contributed by atoms with E-state index >= 15 is 0 Å². The lowest BCUT2D eigenvalue weighted by atomic mass is 9.99. The van der Waals surface area contributed by atoms with Crippen LogP contribution in [0.2, 0.25) is 0 Å². The molecule has 0 amide bonds. The lowest BCUT2D eigenvalue weighted by Gasteiger charge is -2.43. The number of benzene rings is 1. The molecule has 0 spiro atoms. The van der Waals surface area contributed by atoms with Gasteiger partial charge in [0.05, 0.1) is 13.7 Å². The number of methoxy groups -OCH3 is 1. The fourth-order valence-electron chi connectivity index (χ4n) is 3.79. The maximum Gasteiger partial charge on any atom is 0.330 e. The normalized spacial score (nSPS) is 36.8. The predicted molar refractivity (Wildman–Crippen MR) is 116 cm³/mol. The molecule has 36 heavy (non-hydrogen) atoms. The van der Waals surface area contributed by atoms with Gasteiger partial charge in [-0.05, 0) is 23.8 Å². The molecule has 0 aliphatic carbocycles. The van der Waals surface area contributed by atoms with E-state index in [4.69, 9.17) is 23.7 Å². The zero-order chi connectivity index (χ0) is 26.6. The second kappa shape index (κ2) is 11.8. The number of rotatable bonds is 9. The van der Waals surface area contributed by atoms with E-state index in [0.717, 1.165) is 6.08 Å². The largest absolute Gasteiger partial charge is 0.504 e. The van der Waals surface area contributed by atoms with E-state index in [1.54, 1.807) is 0 Å². The molecule has 0 bridgehead atoms. The minimum atomic E-state index is -2.36. The number of phenols is 1. The van der Waals surface area contributed by atoms with Gasteiger partial charge < -0.3 is 64.5 Å². The Bertz CT molecular complexity index is 922. The van der Waals surface area contributed by atoms with Gasteiger partial charge in [-0.1, -0.05) is 6.07 Å². The van der Waals surface area contributed by atoms with Crippen molar-refractivity contribution >= 4 is 12.0 Å². The van der Waals surface area contributed by atoms with Crippen LogP contribution in [-0.4, -0.2) is 129 Å². The molecule has 8 N–H and O–H groups in total. The Hall–Kier alpha value is -2.37. The molecule has 1 aromatic rings. The number of carbonyl (C=O) groups excluding carboxylic acids is 1. The van der Waals surface area contributed by atoms with Crippen molar-refractivity contribution in [2.45, 2.75) is 54.8 Å². The number of ether oxygens (including phenoxy) is 5. The summed E-state index contributed by atoms with van der Waals surface area (Å²) >= 11 is 0. The first-order valence-corrected chi connectivity index (χ1v) is 10.9. The molecule has 2 aliphatic heterocycles. The summed E-state index contributed by atoms with van der Waals surface area (Å²) < 4.78 is 26.0. The molecule has 2 aliphatic rings. The Labute approximate surface area is 205 Å². The average Bonchev–Trinajstić information content (AvgIpc) is 3.12. The fraction of sp³-hybridized carbons (Fsp3) is 0.591. The average molecular weight is 518 g/mol. The summed E-state index contributed by atoms with van der Waals surface area (Å²) in [6, 6.07) is 4.37. The summed E-state index contributed by atoms with van der Waals surface area (Å²) in [7, 11) is 1.37. The third-order valence-corrected chi connectivity index (χ3v) is 5.90. The first-order chi connectivity index (χ1) is 17.1. The summed E-state index contributed by atoms with van der Waals surface area (Å²) in [6.45, 7) is -2.36. The standard InChI is InChI=1S/C22H30O14/c1-32-12-6-10(2-4-11(12)25)3-5-15(26)33-8-14-17(28)20(31)22(9-24,35-14)36-21-19(30)18(29)16(27)13(7-23)34-21/h2-6,13-14,16-21,23-25,27-31H,7-9H2,1H3/b5-3-/t13-,14-,16-,17-,18+,19-,20+,21-,22+/m1/s1. The zero-order valence-corrected chi connectivity index (χ0v) is 19.2. The zero-order valence-electron chi connectivity index (χ0n) is 19.2. The number of carbonyl (C=O) groups is 1. The van der Waals surface area contributed by atoms with Crippen LogP contribution in [0.1, 0.15) is 5.56 Å². The van der Waals surface area contributed by atoms with Crippen molar-refractivity contribution in [1.82, 2.24) is 0 Å². The number of esters is 1. The smallest absolute Gasteiger partial charge is 0.330 e. The molecule has 14 nitrogen and oxygen atoms in total. The molecule has 3 rings (SSSR count).